The normalized spacial score (nSPS) is 18.0. The van der Waals surface area contributed by atoms with Crippen LogP contribution in [0.2, 0.25) is 0 Å². The van der Waals surface area contributed by atoms with Crippen LogP contribution in [0.1, 0.15) is 37.7 Å². The van der Waals surface area contributed by atoms with Gasteiger partial charge in [-0.25, -0.2) is 0 Å². The molecule has 4 heteroatoms. The van der Waals surface area contributed by atoms with Crippen molar-refractivity contribution in [3.8, 4) is 11.8 Å². The lowest BCUT2D eigenvalue weighted by Gasteiger charge is -2.35. The number of benzene rings is 1. The second kappa shape index (κ2) is 9.80. The molecule has 0 heterocycles. The number of hydrogen-bond acceptors (Lipinski definition) is 4. The second-order valence-corrected chi connectivity index (χ2v) is 6.49. The zero-order chi connectivity index (χ0) is 17.3. The minimum atomic E-state index is -1.12. The fourth-order valence-electron chi connectivity index (χ4n) is 3.46. The van der Waals surface area contributed by atoms with Crippen molar-refractivity contribution in [3.05, 3.63) is 35.9 Å². The lowest BCUT2D eigenvalue weighted by atomic mass is 9.73. The molecule has 4 nitrogen and oxygen atoms in total. The SMILES string of the molecule is OCCN(CC#C[C@@](O)(c1ccccc1)C1CCCCC1)CCO. The van der Waals surface area contributed by atoms with E-state index < -0.39 is 5.60 Å². The molecule has 1 fully saturated rings. The predicted molar refractivity (Wildman–Crippen MR) is 95.3 cm³/mol. The Labute approximate surface area is 145 Å². The maximum absolute atomic E-state index is 11.4. The molecule has 132 valence electrons. The minimum Gasteiger partial charge on any atom is -0.395 e. The van der Waals surface area contributed by atoms with E-state index in [0.717, 1.165) is 31.2 Å². The highest BCUT2D eigenvalue weighted by molar-refractivity contribution is 5.33. The van der Waals surface area contributed by atoms with Gasteiger partial charge in [0.15, 0.2) is 5.60 Å². The Morgan fingerprint density at radius 1 is 1.00 bits per heavy atom. The Morgan fingerprint density at radius 3 is 2.21 bits per heavy atom. The highest BCUT2D eigenvalue weighted by Gasteiger charge is 2.37. The molecule has 1 aliphatic carbocycles. The third kappa shape index (κ3) is 5.06. The van der Waals surface area contributed by atoms with E-state index in [-0.39, 0.29) is 19.1 Å². The molecule has 1 aliphatic rings. The summed E-state index contributed by atoms with van der Waals surface area (Å²) < 4.78 is 0. The Balaban J connectivity index is 2.19. The van der Waals surface area contributed by atoms with Crippen LogP contribution in [0.4, 0.5) is 0 Å². The van der Waals surface area contributed by atoms with E-state index in [4.69, 9.17) is 10.2 Å². The molecule has 0 spiro atoms. The molecular weight excluding hydrogens is 302 g/mol. The van der Waals surface area contributed by atoms with Gasteiger partial charge < -0.3 is 15.3 Å². The summed E-state index contributed by atoms with van der Waals surface area (Å²) in [5.74, 6) is 6.38. The van der Waals surface area contributed by atoms with Gasteiger partial charge in [0.25, 0.3) is 0 Å². The van der Waals surface area contributed by atoms with E-state index in [9.17, 15) is 5.11 Å². The number of nitrogens with zero attached hydrogens (tertiary/aromatic N) is 1. The quantitative estimate of drug-likeness (QED) is 0.666. The average molecular weight is 331 g/mol. The molecule has 1 saturated carbocycles. The molecule has 1 aromatic carbocycles. The van der Waals surface area contributed by atoms with Crippen molar-refractivity contribution in [2.75, 3.05) is 32.8 Å². The topological polar surface area (TPSA) is 63.9 Å². The molecule has 1 aromatic rings. The van der Waals surface area contributed by atoms with E-state index in [1.165, 1.54) is 6.42 Å². The molecule has 0 radical (unpaired) electrons. The van der Waals surface area contributed by atoms with Crippen molar-refractivity contribution in [2.45, 2.75) is 37.7 Å². The molecule has 1 atom stereocenters. The van der Waals surface area contributed by atoms with Gasteiger partial charge in [-0.15, -0.1) is 0 Å². The van der Waals surface area contributed by atoms with Gasteiger partial charge in [0.05, 0.1) is 19.8 Å². The van der Waals surface area contributed by atoms with Gasteiger partial charge >= 0.3 is 0 Å². The first-order chi connectivity index (χ1) is 11.7. The molecule has 24 heavy (non-hydrogen) atoms. The van der Waals surface area contributed by atoms with E-state index in [2.05, 4.69) is 11.8 Å². The molecule has 2 rings (SSSR count). The van der Waals surface area contributed by atoms with Crippen LogP contribution in [-0.4, -0.2) is 53.1 Å². The Hall–Kier alpha value is -1.38. The van der Waals surface area contributed by atoms with Crippen LogP contribution in [0.3, 0.4) is 0 Å². The molecule has 0 aromatic heterocycles. The summed E-state index contributed by atoms with van der Waals surface area (Å²) in [6.07, 6.45) is 5.51. The monoisotopic (exact) mass is 331 g/mol. The van der Waals surface area contributed by atoms with E-state index in [0.29, 0.717) is 19.6 Å². The fraction of sp³-hybridized carbons (Fsp3) is 0.600. The molecule has 3 N–H and O–H groups in total. The van der Waals surface area contributed by atoms with Crippen molar-refractivity contribution in [2.24, 2.45) is 5.92 Å². The summed E-state index contributed by atoms with van der Waals surface area (Å²) in [6.45, 7) is 1.45. The second-order valence-electron chi connectivity index (χ2n) is 6.49. The minimum absolute atomic E-state index is 0.0350. The van der Waals surface area contributed by atoms with Gasteiger partial charge in [0.2, 0.25) is 0 Å². The zero-order valence-corrected chi connectivity index (χ0v) is 14.3. The van der Waals surface area contributed by atoms with Crippen LogP contribution in [0, 0.1) is 17.8 Å². The summed E-state index contributed by atoms with van der Waals surface area (Å²) >= 11 is 0. The summed E-state index contributed by atoms with van der Waals surface area (Å²) in [4.78, 5) is 1.89. The smallest absolute Gasteiger partial charge is 0.153 e. The standard InChI is InChI=1S/C20H29NO3/c22-16-14-21(15-17-23)13-7-12-20(24,18-8-3-1-4-9-18)19-10-5-2-6-11-19/h1,3-4,8-9,19,22-24H,2,5-6,10-11,13-17H2/t20-/m1/s1. The Morgan fingerprint density at radius 2 is 1.62 bits per heavy atom. The molecule has 0 saturated heterocycles. The third-order valence-corrected chi connectivity index (χ3v) is 4.82. The van der Waals surface area contributed by atoms with Crippen LogP contribution in [0.15, 0.2) is 30.3 Å². The molecule has 0 bridgehead atoms. The van der Waals surface area contributed by atoms with Crippen molar-refractivity contribution in [1.82, 2.24) is 4.90 Å². The molecule has 0 amide bonds. The summed E-state index contributed by atoms with van der Waals surface area (Å²) in [7, 11) is 0. The number of hydrogen-bond donors (Lipinski definition) is 3. The molecule has 0 aliphatic heterocycles. The maximum atomic E-state index is 11.4. The van der Waals surface area contributed by atoms with Crippen molar-refractivity contribution < 1.29 is 15.3 Å². The first-order valence-electron chi connectivity index (χ1n) is 8.92. The van der Waals surface area contributed by atoms with E-state index in [1.807, 2.05) is 35.2 Å². The molecular formula is C20H29NO3. The van der Waals surface area contributed by atoms with Gasteiger partial charge in [-0.3, -0.25) is 4.90 Å². The van der Waals surface area contributed by atoms with Crippen LogP contribution in [0.5, 0.6) is 0 Å². The summed E-state index contributed by atoms with van der Waals surface area (Å²) in [6, 6.07) is 9.72. The Bertz CT molecular complexity index is 525. The van der Waals surface area contributed by atoms with Gasteiger partial charge in [0, 0.05) is 19.0 Å². The number of rotatable bonds is 7. The fourth-order valence-corrected chi connectivity index (χ4v) is 3.46. The maximum Gasteiger partial charge on any atom is 0.153 e. The van der Waals surface area contributed by atoms with E-state index >= 15 is 0 Å². The van der Waals surface area contributed by atoms with Crippen molar-refractivity contribution in [3.63, 3.8) is 0 Å². The molecule has 0 unspecified atom stereocenters. The highest BCUT2D eigenvalue weighted by atomic mass is 16.3. The van der Waals surface area contributed by atoms with Gasteiger partial charge in [-0.2, -0.15) is 0 Å². The van der Waals surface area contributed by atoms with Gasteiger partial charge in [0.1, 0.15) is 0 Å². The van der Waals surface area contributed by atoms with Crippen molar-refractivity contribution in [1.29, 1.82) is 0 Å². The summed E-state index contributed by atoms with van der Waals surface area (Å²) in [5, 5.41) is 29.6. The number of aliphatic hydroxyl groups is 3. The van der Waals surface area contributed by atoms with Crippen LogP contribution in [0.25, 0.3) is 0 Å². The number of aliphatic hydroxyl groups excluding tert-OH is 2. The third-order valence-electron chi connectivity index (χ3n) is 4.82. The largest absolute Gasteiger partial charge is 0.395 e. The highest BCUT2D eigenvalue weighted by Crippen LogP contribution is 2.38. The summed E-state index contributed by atoms with van der Waals surface area (Å²) in [5.41, 5.74) is -0.258. The predicted octanol–water partition coefficient (Wildman–Crippen LogP) is 1.74. The lowest BCUT2D eigenvalue weighted by molar-refractivity contribution is 0.0158. The Kier molecular flexibility index (Phi) is 7.74. The first-order valence-corrected chi connectivity index (χ1v) is 8.92. The zero-order valence-electron chi connectivity index (χ0n) is 14.3. The first kappa shape index (κ1) is 19.0. The van der Waals surface area contributed by atoms with Crippen molar-refractivity contribution >= 4 is 0 Å². The van der Waals surface area contributed by atoms with E-state index in [1.54, 1.807) is 0 Å². The lowest BCUT2D eigenvalue weighted by Crippen LogP contribution is -2.36. The van der Waals surface area contributed by atoms with Crippen LogP contribution >= 0.6 is 0 Å². The van der Waals surface area contributed by atoms with Crippen LogP contribution in [-0.2, 0) is 5.60 Å². The van der Waals surface area contributed by atoms with Crippen LogP contribution < -0.4 is 0 Å². The van der Waals surface area contributed by atoms with Gasteiger partial charge in [-0.1, -0.05) is 61.4 Å². The van der Waals surface area contributed by atoms with Gasteiger partial charge in [-0.05, 0) is 18.4 Å². The average Bonchev–Trinajstić information content (AvgIpc) is 2.63.